The second-order valence-corrected chi connectivity index (χ2v) is 4.95. The summed E-state index contributed by atoms with van der Waals surface area (Å²) in [4.78, 5) is 0. The standard InChI is InChI=1S/C17H19FO2/c1-11-6-4-7-12(2)13(11)10-15(19)17-14(18)8-5-9-16(17)20-3/h4-9,15,19H,10H2,1-3H3. The van der Waals surface area contributed by atoms with Crippen LogP contribution in [0.4, 0.5) is 4.39 Å². The van der Waals surface area contributed by atoms with Crippen LogP contribution in [-0.4, -0.2) is 12.2 Å². The lowest BCUT2D eigenvalue weighted by atomic mass is 9.94. The number of aryl methyl sites for hydroxylation is 2. The normalized spacial score (nSPS) is 12.2. The molecule has 0 spiro atoms. The highest BCUT2D eigenvalue weighted by Gasteiger charge is 2.19. The number of hydrogen-bond acceptors (Lipinski definition) is 2. The van der Waals surface area contributed by atoms with E-state index in [-0.39, 0.29) is 5.56 Å². The molecule has 1 N–H and O–H groups in total. The van der Waals surface area contributed by atoms with Crippen LogP contribution < -0.4 is 4.74 Å². The van der Waals surface area contributed by atoms with Crippen LogP contribution in [0, 0.1) is 19.7 Å². The molecular formula is C17H19FO2. The lowest BCUT2D eigenvalue weighted by Crippen LogP contribution is -2.08. The summed E-state index contributed by atoms with van der Waals surface area (Å²) in [6.45, 7) is 3.99. The predicted molar refractivity (Wildman–Crippen MR) is 77.5 cm³/mol. The van der Waals surface area contributed by atoms with Gasteiger partial charge in [-0.3, -0.25) is 0 Å². The van der Waals surface area contributed by atoms with Crippen molar-refractivity contribution in [1.82, 2.24) is 0 Å². The van der Waals surface area contributed by atoms with Gasteiger partial charge in [-0.15, -0.1) is 0 Å². The van der Waals surface area contributed by atoms with Gasteiger partial charge in [-0.05, 0) is 42.7 Å². The summed E-state index contributed by atoms with van der Waals surface area (Å²) in [6.07, 6.45) is -0.554. The van der Waals surface area contributed by atoms with E-state index in [4.69, 9.17) is 4.74 Å². The van der Waals surface area contributed by atoms with Crippen molar-refractivity contribution in [2.24, 2.45) is 0 Å². The maximum absolute atomic E-state index is 14.0. The van der Waals surface area contributed by atoms with Crippen LogP contribution in [0.15, 0.2) is 36.4 Å². The van der Waals surface area contributed by atoms with E-state index in [1.165, 1.54) is 13.2 Å². The van der Waals surface area contributed by atoms with Crippen molar-refractivity contribution in [3.05, 3.63) is 64.5 Å². The van der Waals surface area contributed by atoms with Crippen molar-refractivity contribution in [3.63, 3.8) is 0 Å². The fraction of sp³-hybridized carbons (Fsp3) is 0.294. The summed E-state index contributed by atoms with van der Waals surface area (Å²) in [5.41, 5.74) is 3.46. The van der Waals surface area contributed by atoms with Crippen LogP contribution in [0.2, 0.25) is 0 Å². The van der Waals surface area contributed by atoms with Crippen molar-refractivity contribution in [1.29, 1.82) is 0 Å². The topological polar surface area (TPSA) is 29.5 Å². The molecule has 2 aromatic carbocycles. The fourth-order valence-electron chi connectivity index (χ4n) is 2.48. The van der Waals surface area contributed by atoms with Crippen molar-refractivity contribution >= 4 is 0 Å². The van der Waals surface area contributed by atoms with Crippen molar-refractivity contribution < 1.29 is 14.2 Å². The van der Waals surface area contributed by atoms with E-state index in [9.17, 15) is 9.50 Å². The van der Waals surface area contributed by atoms with Gasteiger partial charge in [-0.2, -0.15) is 0 Å². The van der Waals surface area contributed by atoms with Gasteiger partial charge in [0.25, 0.3) is 0 Å². The first kappa shape index (κ1) is 14.5. The molecule has 0 bridgehead atoms. The van der Waals surface area contributed by atoms with Gasteiger partial charge < -0.3 is 9.84 Å². The molecule has 0 aliphatic rings. The van der Waals surface area contributed by atoms with E-state index in [0.717, 1.165) is 16.7 Å². The summed E-state index contributed by atoms with van der Waals surface area (Å²) in [5.74, 6) is -0.0631. The van der Waals surface area contributed by atoms with E-state index in [2.05, 4.69) is 0 Å². The molecule has 2 aromatic rings. The number of benzene rings is 2. The van der Waals surface area contributed by atoms with E-state index in [0.29, 0.717) is 12.2 Å². The van der Waals surface area contributed by atoms with E-state index >= 15 is 0 Å². The van der Waals surface area contributed by atoms with Crippen LogP contribution in [0.5, 0.6) is 5.75 Å². The SMILES string of the molecule is COc1cccc(F)c1C(O)Cc1c(C)cccc1C. The highest BCUT2D eigenvalue weighted by molar-refractivity contribution is 5.39. The molecule has 0 amide bonds. The Hall–Kier alpha value is -1.87. The zero-order valence-electron chi connectivity index (χ0n) is 12.0. The minimum Gasteiger partial charge on any atom is -0.496 e. The summed E-state index contributed by atoms with van der Waals surface area (Å²) in [7, 11) is 1.48. The largest absolute Gasteiger partial charge is 0.496 e. The zero-order chi connectivity index (χ0) is 14.7. The average molecular weight is 274 g/mol. The molecule has 3 heteroatoms. The number of rotatable bonds is 4. The molecule has 2 nitrogen and oxygen atoms in total. The Morgan fingerprint density at radius 2 is 1.70 bits per heavy atom. The highest BCUT2D eigenvalue weighted by Crippen LogP contribution is 2.31. The third-order valence-corrected chi connectivity index (χ3v) is 3.61. The molecule has 20 heavy (non-hydrogen) atoms. The van der Waals surface area contributed by atoms with Gasteiger partial charge in [0.15, 0.2) is 0 Å². The summed E-state index contributed by atoms with van der Waals surface area (Å²) < 4.78 is 19.1. The molecular weight excluding hydrogens is 255 g/mol. The first-order chi connectivity index (χ1) is 9.54. The third-order valence-electron chi connectivity index (χ3n) is 3.61. The van der Waals surface area contributed by atoms with E-state index < -0.39 is 11.9 Å². The van der Waals surface area contributed by atoms with E-state index in [1.807, 2.05) is 32.0 Å². The van der Waals surface area contributed by atoms with Crippen molar-refractivity contribution in [2.75, 3.05) is 7.11 Å². The van der Waals surface area contributed by atoms with Gasteiger partial charge in [0.2, 0.25) is 0 Å². The monoisotopic (exact) mass is 274 g/mol. The number of halogens is 1. The van der Waals surface area contributed by atoms with E-state index in [1.54, 1.807) is 12.1 Å². The first-order valence-electron chi connectivity index (χ1n) is 6.60. The molecule has 0 saturated heterocycles. The van der Waals surface area contributed by atoms with Crippen LogP contribution in [0.3, 0.4) is 0 Å². The Bertz CT molecular complexity index is 588. The summed E-state index contributed by atoms with van der Waals surface area (Å²) >= 11 is 0. The molecule has 1 unspecified atom stereocenters. The second-order valence-electron chi connectivity index (χ2n) is 4.95. The Morgan fingerprint density at radius 3 is 2.30 bits per heavy atom. The Labute approximate surface area is 118 Å². The van der Waals surface area contributed by atoms with Crippen LogP contribution in [-0.2, 0) is 6.42 Å². The maximum Gasteiger partial charge on any atom is 0.132 e. The summed E-state index contributed by atoms with van der Waals surface area (Å²) in [5, 5.41) is 10.4. The van der Waals surface area contributed by atoms with Gasteiger partial charge in [-0.25, -0.2) is 4.39 Å². The lowest BCUT2D eigenvalue weighted by molar-refractivity contribution is 0.168. The first-order valence-corrected chi connectivity index (χ1v) is 6.60. The molecule has 0 fully saturated rings. The van der Waals surface area contributed by atoms with Crippen molar-refractivity contribution in [2.45, 2.75) is 26.4 Å². The second kappa shape index (κ2) is 6.06. The molecule has 0 aliphatic heterocycles. The minimum absolute atomic E-state index is 0.220. The molecule has 106 valence electrons. The van der Waals surface area contributed by atoms with Gasteiger partial charge in [0.1, 0.15) is 11.6 Å². The zero-order valence-corrected chi connectivity index (χ0v) is 12.0. The lowest BCUT2D eigenvalue weighted by Gasteiger charge is -2.18. The molecule has 0 aliphatic carbocycles. The molecule has 0 saturated carbocycles. The van der Waals surface area contributed by atoms with Gasteiger partial charge in [0, 0.05) is 6.42 Å². The summed E-state index contributed by atoms with van der Waals surface area (Å²) in [6, 6.07) is 10.5. The molecule has 0 aromatic heterocycles. The third kappa shape index (κ3) is 2.83. The number of ether oxygens (including phenoxy) is 1. The Balaban J connectivity index is 2.36. The maximum atomic E-state index is 14.0. The number of methoxy groups -OCH3 is 1. The van der Waals surface area contributed by atoms with Gasteiger partial charge in [-0.1, -0.05) is 24.3 Å². The Morgan fingerprint density at radius 1 is 1.10 bits per heavy atom. The number of hydrogen-bond donors (Lipinski definition) is 1. The predicted octanol–water partition coefficient (Wildman–Crippen LogP) is 3.73. The fourth-order valence-corrected chi connectivity index (χ4v) is 2.48. The quantitative estimate of drug-likeness (QED) is 0.920. The molecule has 0 radical (unpaired) electrons. The molecule has 0 heterocycles. The smallest absolute Gasteiger partial charge is 0.132 e. The van der Waals surface area contributed by atoms with Crippen LogP contribution in [0.25, 0.3) is 0 Å². The van der Waals surface area contributed by atoms with Gasteiger partial charge >= 0.3 is 0 Å². The minimum atomic E-state index is -0.925. The number of aliphatic hydroxyl groups is 1. The van der Waals surface area contributed by atoms with Gasteiger partial charge in [0.05, 0.1) is 18.8 Å². The number of aliphatic hydroxyl groups excluding tert-OH is 1. The highest BCUT2D eigenvalue weighted by atomic mass is 19.1. The molecule has 1 atom stereocenters. The van der Waals surface area contributed by atoms with Crippen molar-refractivity contribution in [3.8, 4) is 5.75 Å². The van der Waals surface area contributed by atoms with Crippen LogP contribution in [0.1, 0.15) is 28.4 Å². The average Bonchev–Trinajstić information content (AvgIpc) is 2.42. The molecule has 2 rings (SSSR count). The van der Waals surface area contributed by atoms with Crippen LogP contribution >= 0.6 is 0 Å². The Kier molecular flexibility index (Phi) is 4.40.